The normalized spacial score (nSPS) is 23.2. The molecule has 1 aromatic carbocycles. The van der Waals surface area contributed by atoms with Crippen LogP contribution in [0.2, 0.25) is 5.02 Å². The summed E-state index contributed by atoms with van der Waals surface area (Å²) in [6.07, 6.45) is 2.92. The van der Waals surface area contributed by atoms with E-state index in [1.54, 1.807) is 39.0 Å². The summed E-state index contributed by atoms with van der Waals surface area (Å²) >= 11 is 5.81. The van der Waals surface area contributed by atoms with Crippen molar-refractivity contribution < 1.29 is 13.1 Å². The Morgan fingerprint density at radius 3 is 2.57 bits per heavy atom. The van der Waals surface area contributed by atoms with E-state index in [0.29, 0.717) is 27.9 Å². The predicted octanol–water partition coefficient (Wildman–Crippen LogP) is 3.70. The second-order valence-electron chi connectivity index (χ2n) is 7.77. The minimum Gasteiger partial charge on any atom is -0.386 e. The summed E-state index contributed by atoms with van der Waals surface area (Å²) in [5.41, 5.74) is 6.30. The number of hydrogen-bond donors (Lipinski definition) is 1. The van der Waals surface area contributed by atoms with Crippen molar-refractivity contribution in [2.24, 2.45) is 10.7 Å². The molecule has 0 aliphatic carbocycles. The van der Waals surface area contributed by atoms with Crippen molar-refractivity contribution in [1.29, 1.82) is 0 Å². The molecule has 156 valence electrons. The standard InChI is InChI=1S/C20H19ClFN5O2S/c1-19(2)18(23)26-20(3,10-30(19)28)13-6-11(4-5-14(13)22)16-7-15(27-29-16)17-24-8-12(21)9-25-17/h4-9H,10H2,1-3H3,(H2,23,26)/t20-,30+/m0/s1. The van der Waals surface area contributed by atoms with Crippen LogP contribution in [0.4, 0.5) is 4.39 Å². The number of benzene rings is 1. The van der Waals surface area contributed by atoms with E-state index in [0.717, 1.165) is 0 Å². The number of nitrogens with two attached hydrogens (primary N) is 1. The Morgan fingerprint density at radius 2 is 1.90 bits per heavy atom. The van der Waals surface area contributed by atoms with Gasteiger partial charge in [-0.1, -0.05) is 16.8 Å². The molecule has 1 aliphatic rings. The van der Waals surface area contributed by atoms with Gasteiger partial charge in [0.2, 0.25) is 0 Å². The van der Waals surface area contributed by atoms with Gasteiger partial charge < -0.3 is 10.3 Å². The smallest absolute Gasteiger partial charge is 0.181 e. The molecule has 0 saturated carbocycles. The van der Waals surface area contributed by atoms with Crippen molar-refractivity contribution in [3.63, 3.8) is 0 Å². The van der Waals surface area contributed by atoms with Crippen molar-refractivity contribution in [3.05, 3.63) is 53.1 Å². The first-order valence-corrected chi connectivity index (χ1v) is 10.8. The van der Waals surface area contributed by atoms with Gasteiger partial charge in [0.15, 0.2) is 17.3 Å². The molecule has 2 atom stereocenters. The zero-order chi connectivity index (χ0) is 21.7. The molecule has 10 heteroatoms. The van der Waals surface area contributed by atoms with Crippen LogP contribution in [-0.4, -0.2) is 35.7 Å². The van der Waals surface area contributed by atoms with Crippen molar-refractivity contribution >= 4 is 28.2 Å². The van der Waals surface area contributed by atoms with E-state index in [1.807, 2.05) is 0 Å². The van der Waals surface area contributed by atoms with Gasteiger partial charge in [0.05, 0.1) is 21.1 Å². The maximum atomic E-state index is 14.8. The first-order valence-electron chi connectivity index (χ1n) is 9.09. The lowest BCUT2D eigenvalue weighted by molar-refractivity contribution is 0.434. The SMILES string of the molecule is CC1(C)C(N)=N[C@](C)(c2cc(-c3cc(-c4ncc(Cl)cn4)no3)ccc2F)C[S@]1=O. The molecule has 0 radical (unpaired) electrons. The van der Waals surface area contributed by atoms with Crippen molar-refractivity contribution in [3.8, 4) is 22.8 Å². The Bertz CT molecular complexity index is 1180. The van der Waals surface area contributed by atoms with E-state index in [2.05, 4.69) is 20.1 Å². The average molecular weight is 448 g/mol. The maximum absolute atomic E-state index is 14.8. The largest absolute Gasteiger partial charge is 0.386 e. The van der Waals surface area contributed by atoms with Gasteiger partial charge in [0, 0.05) is 40.4 Å². The number of nitrogens with zero attached hydrogens (tertiary/aromatic N) is 4. The van der Waals surface area contributed by atoms with Gasteiger partial charge in [-0.05, 0) is 39.0 Å². The summed E-state index contributed by atoms with van der Waals surface area (Å²) in [5.74, 6) is 0.687. The fourth-order valence-corrected chi connectivity index (χ4v) is 4.64. The monoisotopic (exact) mass is 447 g/mol. The second kappa shape index (κ2) is 7.24. The molecule has 0 bridgehead atoms. The highest BCUT2D eigenvalue weighted by Crippen LogP contribution is 2.38. The Labute approximate surface area is 180 Å². The number of aliphatic imine (C=N–C) groups is 1. The third-order valence-corrected chi connectivity index (χ3v) is 7.52. The highest BCUT2D eigenvalue weighted by atomic mass is 35.5. The van der Waals surface area contributed by atoms with Gasteiger partial charge in [0.1, 0.15) is 11.7 Å². The van der Waals surface area contributed by atoms with Gasteiger partial charge in [-0.2, -0.15) is 0 Å². The summed E-state index contributed by atoms with van der Waals surface area (Å²) < 4.78 is 32.2. The van der Waals surface area contributed by atoms with Crippen molar-refractivity contribution in [2.75, 3.05) is 5.75 Å². The second-order valence-corrected chi connectivity index (χ2v) is 10.2. The number of aromatic nitrogens is 3. The molecule has 4 rings (SSSR count). The Hall–Kier alpha value is -2.65. The van der Waals surface area contributed by atoms with Crippen LogP contribution in [-0.2, 0) is 16.3 Å². The van der Waals surface area contributed by atoms with E-state index in [-0.39, 0.29) is 17.2 Å². The molecule has 2 aromatic heterocycles. The third kappa shape index (κ3) is 3.52. The summed E-state index contributed by atoms with van der Waals surface area (Å²) in [7, 11) is -1.32. The first kappa shape index (κ1) is 20.6. The molecule has 3 heterocycles. The van der Waals surface area contributed by atoms with Crippen LogP contribution >= 0.6 is 11.6 Å². The van der Waals surface area contributed by atoms with Crippen LogP contribution in [0.25, 0.3) is 22.8 Å². The molecule has 0 fully saturated rings. The molecule has 0 saturated heterocycles. The minimum atomic E-state index is -1.32. The number of halogens is 2. The first-order chi connectivity index (χ1) is 14.1. The van der Waals surface area contributed by atoms with E-state index in [4.69, 9.17) is 21.9 Å². The molecule has 3 aromatic rings. The van der Waals surface area contributed by atoms with Crippen LogP contribution in [0.5, 0.6) is 0 Å². The van der Waals surface area contributed by atoms with Gasteiger partial charge in [-0.3, -0.25) is 9.20 Å². The Balaban J connectivity index is 1.74. The fraction of sp³-hybridized carbons (Fsp3) is 0.300. The number of hydrogen-bond acceptors (Lipinski definition) is 7. The molecule has 1 aliphatic heterocycles. The number of rotatable bonds is 3. The average Bonchev–Trinajstić information content (AvgIpc) is 3.17. The molecule has 0 unspecified atom stereocenters. The molecular weight excluding hydrogens is 429 g/mol. The highest BCUT2D eigenvalue weighted by molar-refractivity contribution is 7.87. The summed E-state index contributed by atoms with van der Waals surface area (Å²) in [5, 5.41) is 4.39. The third-order valence-electron chi connectivity index (χ3n) is 5.16. The van der Waals surface area contributed by atoms with Gasteiger partial charge in [0.25, 0.3) is 0 Å². The molecule has 0 amide bonds. The molecule has 0 spiro atoms. The van der Waals surface area contributed by atoms with E-state index in [9.17, 15) is 8.60 Å². The molecule has 2 N–H and O–H groups in total. The zero-order valence-corrected chi connectivity index (χ0v) is 18.1. The lowest BCUT2D eigenvalue weighted by Crippen LogP contribution is -2.52. The quantitative estimate of drug-likeness (QED) is 0.655. The lowest BCUT2D eigenvalue weighted by atomic mass is 9.91. The Kier molecular flexibility index (Phi) is 4.98. The van der Waals surface area contributed by atoms with Crippen LogP contribution < -0.4 is 5.73 Å². The predicted molar refractivity (Wildman–Crippen MR) is 114 cm³/mol. The molecular formula is C20H19ClFN5O2S. The van der Waals surface area contributed by atoms with Crippen LogP contribution in [0, 0.1) is 5.82 Å². The summed E-state index contributed by atoms with van der Waals surface area (Å²) in [4.78, 5) is 12.7. The maximum Gasteiger partial charge on any atom is 0.181 e. The van der Waals surface area contributed by atoms with Crippen LogP contribution in [0.15, 0.2) is 46.2 Å². The van der Waals surface area contributed by atoms with Gasteiger partial charge in [-0.25, -0.2) is 14.4 Å². The van der Waals surface area contributed by atoms with Crippen LogP contribution in [0.1, 0.15) is 26.3 Å². The van der Waals surface area contributed by atoms with Crippen molar-refractivity contribution in [1.82, 2.24) is 15.1 Å². The molecule has 7 nitrogen and oxygen atoms in total. The van der Waals surface area contributed by atoms with Gasteiger partial charge >= 0.3 is 0 Å². The van der Waals surface area contributed by atoms with Gasteiger partial charge in [-0.15, -0.1) is 0 Å². The summed E-state index contributed by atoms with van der Waals surface area (Å²) in [6.45, 7) is 5.26. The van der Waals surface area contributed by atoms with E-state index < -0.39 is 26.9 Å². The highest BCUT2D eigenvalue weighted by Gasteiger charge is 2.44. The topological polar surface area (TPSA) is 107 Å². The number of amidine groups is 1. The zero-order valence-electron chi connectivity index (χ0n) is 16.5. The van der Waals surface area contributed by atoms with E-state index >= 15 is 0 Å². The lowest BCUT2D eigenvalue weighted by Gasteiger charge is -2.37. The van der Waals surface area contributed by atoms with Crippen LogP contribution in [0.3, 0.4) is 0 Å². The van der Waals surface area contributed by atoms with Crippen molar-refractivity contribution in [2.45, 2.75) is 31.1 Å². The fourth-order valence-electron chi connectivity index (χ4n) is 3.18. The van der Waals surface area contributed by atoms with E-state index in [1.165, 1.54) is 18.5 Å². The summed E-state index contributed by atoms with van der Waals surface area (Å²) in [6, 6.07) is 6.17. The molecule has 30 heavy (non-hydrogen) atoms. The Morgan fingerprint density at radius 1 is 1.20 bits per heavy atom. The minimum absolute atomic E-state index is 0.154.